The van der Waals surface area contributed by atoms with E-state index in [9.17, 15) is 4.79 Å². The van der Waals surface area contributed by atoms with Gasteiger partial charge in [0, 0.05) is 16.1 Å². The monoisotopic (exact) mass is 476 g/mol. The molecule has 3 aliphatic rings. The maximum Gasteiger partial charge on any atom is 0.267 e. The number of hydrogen-bond donors (Lipinski definition) is 0. The number of methoxy groups -OCH3 is 1. The second kappa shape index (κ2) is 9.69. The van der Waals surface area contributed by atoms with Gasteiger partial charge in [0.05, 0.1) is 18.1 Å². The molecule has 2 aliphatic carbocycles. The molecule has 29 heavy (non-hydrogen) atoms. The highest BCUT2D eigenvalue weighted by molar-refractivity contribution is 9.10. The molecule has 4 rings (SSSR count). The molecule has 0 bridgehead atoms. The third-order valence-electron chi connectivity index (χ3n) is 6.12. The second-order valence-corrected chi connectivity index (χ2v) is 10.1. The highest BCUT2D eigenvalue weighted by Gasteiger charge is 2.39. The van der Waals surface area contributed by atoms with E-state index in [-0.39, 0.29) is 5.91 Å². The van der Waals surface area contributed by atoms with E-state index in [1.165, 1.54) is 38.5 Å². The molecule has 0 atom stereocenters. The first-order chi connectivity index (χ1) is 14.2. The van der Waals surface area contributed by atoms with Crippen molar-refractivity contribution in [3.63, 3.8) is 0 Å². The summed E-state index contributed by atoms with van der Waals surface area (Å²) in [6.45, 7) is 0. The molecule has 3 fully saturated rings. The normalized spacial score (nSPS) is 24.6. The molecule has 1 amide bonds. The van der Waals surface area contributed by atoms with E-state index in [2.05, 4.69) is 15.9 Å². The number of aliphatic imine (C=N–C) groups is 1. The number of amides is 1. The largest absolute Gasteiger partial charge is 0.496 e. The molecule has 1 heterocycles. The minimum Gasteiger partial charge on any atom is -0.496 e. The van der Waals surface area contributed by atoms with Crippen molar-refractivity contribution in [3.8, 4) is 5.75 Å². The van der Waals surface area contributed by atoms with Crippen molar-refractivity contribution in [1.29, 1.82) is 0 Å². The van der Waals surface area contributed by atoms with Crippen LogP contribution in [0.15, 0.2) is 32.6 Å². The van der Waals surface area contributed by atoms with Crippen molar-refractivity contribution in [3.05, 3.63) is 33.1 Å². The van der Waals surface area contributed by atoms with Crippen LogP contribution in [-0.2, 0) is 4.79 Å². The highest BCUT2D eigenvalue weighted by atomic mass is 79.9. The van der Waals surface area contributed by atoms with Gasteiger partial charge in [-0.05, 0) is 61.7 Å². The summed E-state index contributed by atoms with van der Waals surface area (Å²) >= 11 is 5.08. The molecule has 1 aromatic rings. The van der Waals surface area contributed by atoms with Crippen molar-refractivity contribution in [1.82, 2.24) is 4.90 Å². The number of benzene rings is 1. The Bertz CT molecular complexity index is 811. The van der Waals surface area contributed by atoms with Crippen LogP contribution in [0.2, 0.25) is 0 Å². The average Bonchev–Trinajstić information content (AvgIpc) is 3.04. The van der Waals surface area contributed by atoms with Crippen LogP contribution in [0.3, 0.4) is 0 Å². The summed E-state index contributed by atoms with van der Waals surface area (Å²) in [7, 11) is 1.67. The van der Waals surface area contributed by atoms with Crippen molar-refractivity contribution in [2.24, 2.45) is 4.99 Å². The quantitative estimate of drug-likeness (QED) is 0.472. The molecule has 1 saturated heterocycles. The number of ether oxygens (including phenoxy) is 1. The summed E-state index contributed by atoms with van der Waals surface area (Å²) in [5, 5.41) is 0.925. The van der Waals surface area contributed by atoms with Crippen LogP contribution in [0.25, 0.3) is 6.08 Å². The van der Waals surface area contributed by atoms with Gasteiger partial charge in [-0.2, -0.15) is 0 Å². The Hall–Kier alpha value is -1.27. The van der Waals surface area contributed by atoms with Gasteiger partial charge in [0.25, 0.3) is 5.91 Å². The summed E-state index contributed by atoms with van der Waals surface area (Å²) in [5.74, 6) is 0.884. The number of thioether (sulfide) groups is 1. The first-order valence-electron chi connectivity index (χ1n) is 10.8. The number of halogens is 1. The fourth-order valence-electron chi connectivity index (χ4n) is 4.56. The summed E-state index contributed by atoms with van der Waals surface area (Å²) < 4.78 is 6.48. The lowest BCUT2D eigenvalue weighted by Crippen LogP contribution is -2.41. The topological polar surface area (TPSA) is 41.9 Å². The van der Waals surface area contributed by atoms with Crippen molar-refractivity contribution in [2.75, 3.05) is 7.11 Å². The van der Waals surface area contributed by atoms with Crippen LogP contribution in [0, 0.1) is 0 Å². The van der Waals surface area contributed by atoms with E-state index in [0.717, 1.165) is 51.5 Å². The van der Waals surface area contributed by atoms with Crippen LogP contribution in [0.1, 0.15) is 69.8 Å². The van der Waals surface area contributed by atoms with Crippen LogP contribution >= 0.6 is 27.7 Å². The number of rotatable bonds is 4. The zero-order valence-electron chi connectivity index (χ0n) is 17.0. The van der Waals surface area contributed by atoms with Crippen LogP contribution in [0.4, 0.5) is 0 Å². The van der Waals surface area contributed by atoms with Gasteiger partial charge >= 0.3 is 0 Å². The van der Waals surface area contributed by atoms with Crippen molar-refractivity contribution in [2.45, 2.75) is 76.3 Å². The number of amidine groups is 1. The number of nitrogens with zero attached hydrogens (tertiary/aromatic N) is 2. The standard InChI is InChI=1S/C23H29BrN2O2S/c1-28-20-13-12-17(24)14-16(20)15-21-22(27)26(19-10-6-3-7-11-19)23(29-21)25-18-8-4-2-5-9-18/h12-15,18-19H,2-11H2,1H3. The summed E-state index contributed by atoms with van der Waals surface area (Å²) in [6, 6.07) is 6.54. The molecule has 1 aliphatic heterocycles. The molecule has 0 aromatic heterocycles. The fourth-order valence-corrected chi connectivity index (χ4v) is 6.04. The highest BCUT2D eigenvalue weighted by Crippen LogP contribution is 2.39. The molecule has 1 aromatic carbocycles. The summed E-state index contributed by atoms with van der Waals surface area (Å²) in [6.07, 6.45) is 13.9. The zero-order valence-corrected chi connectivity index (χ0v) is 19.4. The summed E-state index contributed by atoms with van der Waals surface area (Å²) in [5.41, 5.74) is 0.917. The predicted octanol–water partition coefficient (Wildman–Crippen LogP) is 6.40. The SMILES string of the molecule is COc1ccc(Br)cc1C=C1SC(=NC2CCCCC2)N(C2CCCCC2)C1=O. The smallest absolute Gasteiger partial charge is 0.267 e. The molecule has 156 valence electrons. The molecule has 0 radical (unpaired) electrons. The molecule has 0 N–H and O–H groups in total. The first-order valence-corrected chi connectivity index (χ1v) is 12.4. The van der Waals surface area contributed by atoms with Gasteiger partial charge in [0.2, 0.25) is 0 Å². The summed E-state index contributed by atoms with van der Waals surface area (Å²) in [4.78, 5) is 21.3. The van der Waals surface area contributed by atoms with E-state index in [1.807, 2.05) is 29.2 Å². The van der Waals surface area contributed by atoms with Crippen LogP contribution in [0.5, 0.6) is 5.75 Å². The third-order valence-corrected chi connectivity index (χ3v) is 7.61. The molecular formula is C23H29BrN2O2S. The van der Waals surface area contributed by atoms with E-state index >= 15 is 0 Å². The first kappa shape index (κ1) is 21.0. The zero-order chi connectivity index (χ0) is 20.2. The van der Waals surface area contributed by atoms with E-state index in [1.54, 1.807) is 18.9 Å². The van der Waals surface area contributed by atoms with Gasteiger partial charge in [0.15, 0.2) is 5.17 Å². The van der Waals surface area contributed by atoms with E-state index in [0.29, 0.717) is 12.1 Å². The average molecular weight is 477 g/mol. The maximum atomic E-state index is 13.4. The Morgan fingerprint density at radius 1 is 1.10 bits per heavy atom. The lowest BCUT2D eigenvalue weighted by atomic mass is 9.94. The van der Waals surface area contributed by atoms with E-state index < -0.39 is 0 Å². The van der Waals surface area contributed by atoms with Crippen molar-refractivity contribution >= 4 is 44.8 Å². The Morgan fingerprint density at radius 3 is 2.48 bits per heavy atom. The lowest BCUT2D eigenvalue weighted by molar-refractivity contribution is -0.124. The predicted molar refractivity (Wildman–Crippen MR) is 124 cm³/mol. The molecule has 4 nitrogen and oxygen atoms in total. The molecular weight excluding hydrogens is 448 g/mol. The van der Waals surface area contributed by atoms with Crippen LogP contribution in [-0.4, -0.2) is 35.2 Å². The minimum atomic E-state index is 0.110. The van der Waals surface area contributed by atoms with Gasteiger partial charge in [-0.3, -0.25) is 14.7 Å². The minimum absolute atomic E-state index is 0.110. The Kier molecular flexibility index (Phi) is 7.01. The van der Waals surface area contributed by atoms with E-state index in [4.69, 9.17) is 9.73 Å². The number of carbonyl (C=O) groups excluding carboxylic acids is 1. The molecule has 0 spiro atoms. The maximum absolute atomic E-state index is 13.4. The molecule has 6 heteroatoms. The second-order valence-electron chi connectivity index (χ2n) is 8.17. The molecule has 0 unspecified atom stereocenters. The molecule has 2 saturated carbocycles. The van der Waals surface area contributed by atoms with Gasteiger partial charge < -0.3 is 4.74 Å². The Balaban J connectivity index is 1.66. The Morgan fingerprint density at radius 2 is 1.79 bits per heavy atom. The Labute approximate surface area is 186 Å². The fraction of sp³-hybridized carbons (Fsp3) is 0.565. The van der Waals surface area contributed by atoms with Crippen LogP contribution < -0.4 is 4.74 Å². The van der Waals surface area contributed by atoms with Gasteiger partial charge in [-0.15, -0.1) is 0 Å². The van der Waals surface area contributed by atoms with Gasteiger partial charge in [-0.1, -0.05) is 54.5 Å². The van der Waals surface area contributed by atoms with Gasteiger partial charge in [-0.25, -0.2) is 0 Å². The lowest BCUT2D eigenvalue weighted by Gasteiger charge is -2.31. The number of carbonyl (C=O) groups is 1. The third kappa shape index (κ3) is 4.91. The number of hydrogen-bond acceptors (Lipinski definition) is 4. The van der Waals surface area contributed by atoms with Gasteiger partial charge in [0.1, 0.15) is 5.75 Å². The van der Waals surface area contributed by atoms with Crippen molar-refractivity contribution < 1.29 is 9.53 Å².